The second kappa shape index (κ2) is 5.94. The monoisotopic (exact) mass is 292 g/mol. The van der Waals surface area contributed by atoms with Crippen molar-refractivity contribution in [2.24, 2.45) is 11.8 Å². The SMILES string of the molecule is CC1CC1CN(C)CCS(=O)(=O)c1ccc(C#N)cc1. The molecule has 0 amide bonds. The molecule has 1 aromatic carbocycles. The molecule has 1 saturated carbocycles. The lowest BCUT2D eigenvalue weighted by Gasteiger charge is -2.16. The molecule has 0 saturated heterocycles. The van der Waals surface area contributed by atoms with E-state index in [4.69, 9.17) is 5.26 Å². The van der Waals surface area contributed by atoms with Crippen LogP contribution >= 0.6 is 0 Å². The van der Waals surface area contributed by atoms with Gasteiger partial charge in [0.1, 0.15) is 0 Å². The lowest BCUT2D eigenvalue weighted by Crippen LogP contribution is -2.27. The highest BCUT2D eigenvalue weighted by atomic mass is 32.2. The molecule has 0 N–H and O–H groups in total. The second-order valence-electron chi connectivity index (χ2n) is 5.69. The molecule has 2 unspecified atom stereocenters. The van der Waals surface area contributed by atoms with Crippen LogP contribution in [0.5, 0.6) is 0 Å². The van der Waals surface area contributed by atoms with Crippen LogP contribution in [0.4, 0.5) is 0 Å². The van der Waals surface area contributed by atoms with Crippen LogP contribution in [0.1, 0.15) is 18.9 Å². The molecule has 0 aliphatic heterocycles. The lowest BCUT2D eigenvalue weighted by molar-refractivity contribution is 0.332. The van der Waals surface area contributed by atoms with Crippen molar-refractivity contribution >= 4 is 9.84 Å². The molecule has 1 aromatic rings. The second-order valence-corrected chi connectivity index (χ2v) is 7.80. The van der Waals surface area contributed by atoms with E-state index in [0.717, 1.165) is 18.4 Å². The fourth-order valence-corrected chi connectivity index (χ4v) is 3.61. The molecular formula is C15H20N2O2S. The van der Waals surface area contributed by atoms with Gasteiger partial charge in [0.25, 0.3) is 0 Å². The van der Waals surface area contributed by atoms with Gasteiger partial charge in [-0.15, -0.1) is 0 Å². The Hall–Kier alpha value is -1.38. The summed E-state index contributed by atoms with van der Waals surface area (Å²) in [6, 6.07) is 8.10. The van der Waals surface area contributed by atoms with Crippen LogP contribution in [-0.2, 0) is 9.84 Å². The molecule has 1 aliphatic rings. The molecule has 5 heteroatoms. The summed E-state index contributed by atoms with van der Waals surface area (Å²) in [5.74, 6) is 1.64. The maximum absolute atomic E-state index is 12.2. The average molecular weight is 292 g/mol. The standard InChI is InChI=1S/C15H20N2O2S/c1-12-9-14(12)11-17(2)7-8-20(18,19)15-5-3-13(10-16)4-6-15/h3-6,12,14H,7-9,11H2,1-2H3. The van der Waals surface area contributed by atoms with Crippen LogP contribution in [0, 0.1) is 23.2 Å². The minimum absolute atomic E-state index is 0.122. The van der Waals surface area contributed by atoms with E-state index in [0.29, 0.717) is 17.0 Å². The van der Waals surface area contributed by atoms with Gasteiger partial charge < -0.3 is 4.90 Å². The first-order valence-corrected chi connectivity index (χ1v) is 8.49. The number of rotatable bonds is 6. The third-order valence-corrected chi connectivity index (χ3v) is 5.62. The molecular weight excluding hydrogens is 272 g/mol. The van der Waals surface area contributed by atoms with Gasteiger partial charge in [-0.05, 0) is 49.6 Å². The first kappa shape index (κ1) is 15.0. The summed E-state index contributed by atoms with van der Waals surface area (Å²) < 4.78 is 24.4. The molecule has 0 heterocycles. The largest absolute Gasteiger partial charge is 0.305 e. The fraction of sp³-hybridized carbons (Fsp3) is 0.533. The van der Waals surface area contributed by atoms with E-state index < -0.39 is 9.84 Å². The number of hydrogen-bond acceptors (Lipinski definition) is 4. The van der Waals surface area contributed by atoms with Crippen LogP contribution in [0.2, 0.25) is 0 Å². The minimum atomic E-state index is -3.26. The third-order valence-electron chi connectivity index (χ3n) is 3.91. The van der Waals surface area contributed by atoms with Gasteiger partial charge in [0.15, 0.2) is 9.84 Å². The van der Waals surface area contributed by atoms with Gasteiger partial charge in [-0.1, -0.05) is 6.92 Å². The molecule has 2 atom stereocenters. The summed E-state index contributed by atoms with van der Waals surface area (Å²) in [5, 5.41) is 8.71. The van der Waals surface area contributed by atoms with Crippen molar-refractivity contribution in [3.05, 3.63) is 29.8 Å². The van der Waals surface area contributed by atoms with E-state index in [1.807, 2.05) is 13.1 Å². The number of nitriles is 1. The average Bonchev–Trinajstić information content (AvgIpc) is 3.12. The zero-order chi connectivity index (χ0) is 14.8. The number of benzene rings is 1. The highest BCUT2D eigenvalue weighted by Crippen LogP contribution is 2.37. The molecule has 4 nitrogen and oxygen atoms in total. The summed E-state index contributed by atoms with van der Waals surface area (Å²) in [6.07, 6.45) is 1.26. The smallest absolute Gasteiger partial charge is 0.179 e. The van der Waals surface area contributed by atoms with E-state index in [2.05, 4.69) is 11.8 Å². The maximum atomic E-state index is 12.2. The van der Waals surface area contributed by atoms with Crippen LogP contribution in [0.3, 0.4) is 0 Å². The summed E-state index contributed by atoms with van der Waals surface area (Å²) in [7, 11) is -1.29. The summed E-state index contributed by atoms with van der Waals surface area (Å²) in [5.41, 5.74) is 0.476. The van der Waals surface area contributed by atoms with Crippen molar-refractivity contribution in [1.82, 2.24) is 4.90 Å². The van der Waals surface area contributed by atoms with Gasteiger partial charge in [-0.3, -0.25) is 0 Å². The van der Waals surface area contributed by atoms with E-state index in [1.165, 1.54) is 18.6 Å². The van der Waals surface area contributed by atoms with Crippen LogP contribution < -0.4 is 0 Å². The molecule has 0 spiro atoms. The normalized spacial score (nSPS) is 21.7. The van der Waals surface area contributed by atoms with E-state index >= 15 is 0 Å². The number of hydrogen-bond donors (Lipinski definition) is 0. The molecule has 2 rings (SSSR count). The predicted molar refractivity (Wildman–Crippen MR) is 78.0 cm³/mol. The Morgan fingerprint density at radius 3 is 2.45 bits per heavy atom. The molecule has 1 fully saturated rings. The van der Waals surface area contributed by atoms with E-state index in [-0.39, 0.29) is 5.75 Å². The molecule has 1 aliphatic carbocycles. The Morgan fingerprint density at radius 1 is 1.35 bits per heavy atom. The van der Waals surface area contributed by atoms with Gasteiger partial charge in [-0.25, -0.2) is 8.42 Å². The summed E-state index contributed by atoms with van der Waals surface area (Å²) in [4.78, 5) is 2.39. The van der Waals surface area contributed by atoms with Crippen molar-refractivity contribution in [3.8, 4) is 6.07 Å². The number of sulfone groups is 1. The van der Waals surface area contributed by atoms with Gasteiger partial charge in [0.2, 0.25) is 0 Å². The van der Waals surface area contributed by atoms with E-state index in [9.17, 15) is 8.42 Å². The maximum Gasteiger partial charge on any atom is 0.179 e. The van der Waals surface area contributed by atoms with Gasteiger partial charge in [-0.2, -0.15) is 5.26 Å². The van der Waals surface area contributed by atoms with Crippen LogP contribution in [-0.4, -0.2) is 39.2 Å². The number of nitrogens with zero attached hydrogens (tertiary/aromatic N) is 2. The van der Waals surface area contributed by atoms with Crippen molar-refractivity contribution in [1.29, 1.82) is 5.26 Å². The van der Waals surface area contributed by atoms with Crippen molar-refractivity contribution in [2.45, 2.75) is 18.2 Å². The Balaban J connectivity index is 1.91. The highest BCUT2D eigenvalue weighted by molar-refractivity contribution is 7.91. The Kier molecular flexibility index (Phi) is 4.46. The Morgan fingerprint density at radius 2 is 1.95 bits per heavy atom. The first-order valence-electron chi connectivity index (χ1n) is 6.84. The predicted octanol–water partition coefficient (Wildman–Crippen LogP) is 1.92. The zero-order valence-electron chi connectivity index (χ0n) is 11.9. The van der Waals surface area contributed by atoms with Gasteiger partial charge >= 0.3 is 0 Å². The zero-order valence-corrected chi connectivity index (χ0v) is 12.7. The summed E-state index contributed by atoms with van der Waals surface area (Å²) >= 11 is 0. The Labute approximate surface area is 120 Å². The summed E-state index contributed by atoms with van der Waals surface area (Å²) in [6.45, 7) is 3.75. The van der Waals surface area contributed by atoms with E-state index in [1.54, 1.807) is 12.1 Å². The Bertz CT molecular complexity index is 602. The highest BCUT2D eigenvalue weighted by Gasteiger charge is 2.33. The molecule has 0 bridgehead atoms. The van der Waals surface area contributed by atoms with Gasteiger partial charge in [0, 0.05) is 13.1 Å². The fourth-order valence-electron chi connectivity index (χ4n) is 2.28. The van der Waals surface area contributed by atoms with Gasteiger partial charge in [0.05, 0.1) is 22.3 Å². The van der Waals surface area contributed by atoms with Crippen molar-refractivity contribution in [3.63, 3.8) is 0 Å². The van der Waals surface area contributed by atoms with Crippen LogP contribution in [0.25, 0.3) is 0 Å². The molecule has 20 heavy (non-hydrogen) atoms. The molecule has 0 radical (unpaired) electrons. The quantitative estimate of drug-likeness (QED) is 0.803. The minimum Gasteiger partial charge on any atom is -0.305 e. The lowest BCUT2D eigenvalue weighted by atomic mass is 10.2. The first-order chi connectivity index (χ1) is 9.42. The molecule has 0 aromatic heterocycles. The topological polar surface area (TPSA) is 61.2 Å². The van der Waals surface area contributed by atoms with Crippen molar-refractivity contribution in [2.75, 3.05) is 25.9 Å². The van der Waals surface area contributed by atoms with Crippen LogP contribution in [0.15, 0.2) is 29.2 Å². The third kappa shape index (κ3) is 3.81. The van der Waals surface area contributed by atoms with Crippen molar-refractivity contribution < 1.29 is 8.42 Å². The molecule has 108 valence electrons.